The molecule has 18 heavy (non-hydrogen) atoms. The lowest BCUT2D eigenvalue weighted by molar-refractivity contribution is -0.137. The number of anilines is 1. The molecule has 1 N–H and O–H groups in total. The summed E-state index contributed by atoms with van der Waals surface area (Å²) in [5.74, 6) is 0.161. The van der Waals surface area contributed by atoms with Gasteiger partial charge in [0.1, 0.15) is 3.70 Å². The zero-order chi connectivity index (χ0) is 13.0. The van der Waals surface area contributed by atoms with E-state index >= 15 is 0 Å². The van der Waals surface area contributed by atoms with Crippen LogP contribution in [0.4, 0.5) is 5.82 Å². The molecular formula is C11H15IN4O2. The average molecular weight is 362 g/mol. The fraction of sp³-hybridized carbons (Fsp3) is 0.545. The Morgan fingerprint density at radius 2 is 2.00 bits per heavy atom. The molecule has 0 radical (unpaired) electrons. The van der Waals surface area contributed by atoms with Gasteiger partial charge in [0, 0.05) is 32.7 Å². The molecule has 0 amide bonds. The summed E-state index contributed by atoms with van der Waals surface area (Å²) in [6.45, 7) is 4.12. The number of carboxylic acid groups (broad SMARTS) is 1. The first-order valence-corrected chi connectivity index (χ1v) is 6.91. The molecule has 1 saturated heterocycles. The van der Waals surface area contributed by atoms with Crippen LogP contribution in [0.25, 0.3) is 0 Å². The number of carbonyl (C=O) groups is 1. The molecule has 0 atom stereocenters. The van der Waals surface area contributed by atoms with E-state index < -0.39 is 5.97 Å². The molecule has 0 spiro atoms. The molecule has 2 rings (SSSR count). The second-order valence-corrected chi connectivity index (χ2v) is 5.29. The van der Waals surface area contributed by atoms with Gasteiger partial charge in [-0.1, -0.05) is 0 Å². The van der Waals surface area contributed by atoms with Crippen molar-refractivity contribution >= 4 is 34.4 Å². The highest BCUT2D eigenvalue weighted by Gasteiger charge is 2.18. The molecule has 6 nitrogen and oxygen atoms in total. The Balaban J connectivity index is 1.83. The van der Waals surface area contributed by atoms with Crippen LogP contribution in [0.2, 0.25) is 0 Å². The van der Waals surface area contributed by atoms with E-state index in [2.05, 4.69) is 42.6 Å². The Labute approximate surface area is 119 Å². The van der Waals surface area contributed by atoms with Crippen LogP contribution < -0.4 is 4.90 Å². The fourth-order valence-corrected chi connectivity index (χ4v) is 2.22. The minimum absolute atomic E-state index is 0.212. The summed E-state index contributed by atoms with van der Waals surface area (Å²) in [5, 5.41) is 16.8. The van der Waals surface area contributed by atoms with Gasteiger partial charge in [-0.3, -0.25) is 9.69 Å². The Morgan fingerprint density at radius 3 is 2.56 bits per heavy atom. The molecule has 0 unspecified atom stereocenters. The zero-order valence-corrected chi connectivity index (χ0v) is 12.1. The molecule has 1 aliphatic heterocycles. The third-order valence-electron chi connectivity index (χ3n) is 2.96. The Kier molecular flexibility index (Phi) is 4.70. The number of piperazine rings is 1. The van der Waals surface area contributed by atoms with Gasteiger partial charge >= 0.3 is 5.97 Å². The summed E-state index contributed by atoms with van der Waals surface area (Å²) in [7, 11) is 0. The quantitative estimate of drug-likeness (QED) is 0.795. The molecule has 98 valence electrons. The van der Waals surface area contributed by atoms with Crippen LogP contribution in [-0.2, 0) is 4.79 Å². The van der Waals surface area contributed by atoms with Crippen LogP contribution in [0.15, 0.2) is 12.1 Å². The molecule has 0 aliphatic carbocycles. The maximum absolute atomic E-state index is 10.5. The van der Waals surface area contributed by atoms with Gasteiger partial charge in [-0.15, -0.1) is 10.2 Å². The van der Waals surface area contributed by atoms with E-state index in [0.29, 0.717) is 6.54 Å². The van der Waals surface area contributed by atoms with Crippen LogP contribution in [-0.4, -0.2) is 58.9 Å². The topological polar surface area (TPSA) is 69.6 Å². The molecule has 2 heterocycles. The summed E-state index contributed by atoms with van der Waals surface area (Å²) in [4.78, 5) is 14.9. The highest BCUT2D eigenvalue weighted by Crippen LogP contribution is 2.13. The summed E-state index contributed by atoms with van der Waals surface area (Å²) < 4.78 is 0.886. The van der Waals surface area contributed by atoms with E-state index in [4.69, 9.17) is 5.11 Å². The first kappa shape index (κ1) is 13.5. The average Bonchev–Trinajstić information content (AvgIpc) is 2.38. The van der Waals surface area contributed by atoms with Crippen molar-refractivity contribution in [3.8, 4) is 0 Å². The summed E-state index contributed by atoms with van der Waals surface area (Å²) in [6.07, 6.45) is 0.212. The van der Waals surface area contributed by atoms with Crippen molar-refractivity contribution in [3.05, 3.63) is 15.8 Å². The molecule has 7 heteroatoms. The number of rotatable bonds is 4. The van der Waals surface area contributed by atoms with Gasteiger partial charge in [0.15, 0.2) is 5.82 Å². The van der Waals surface area contributed by atoms with E-state index in [1.807, 2.05) is 12.1 Å². The monoisotopic (exact) mass is 362 g/mol. The third-order valence-corrected chi connectivity index (χ3v) is 3.53. The van der Waals surface area contributed by atoms with Crippen molar-refractivity contribution in [2.45, 2.75) is 6.42 Å². The van der Waals surface area contributed by atoms with Crippen molar-refractivity contribution < 1.29 is 9.90 Å². The molecule has 0 saturated carbocycles. The molecule has 0 bridgehead atoms. The Bertz CT molecular complexity index is 404. The third kappa shape index (κ3) is 3.77. The van der Waals surface area contributed by atoms with Crippen LogP contribution >= 0.6 is 22.6 Å². The number of nitrogens with zero attached hydrogens (tertiary/aromatic N) is 4. The standard InChI is InChI=1S/C11H15IN4O2/c12-9-1-2-10(14-13-9)16-7-5-15(6-8-16)4-3-11(17)18/h1-2H,3-8H2,(H,17,18). The minimum Gasteiger partial charge on any atom is -0.481 e. The van der Waals surface area contributed by atoms with Gasteiger partial charge in [0.05, 0.1) is 6.42 Å². The largest absolute Gasteiger partial charge is 0.481 e. The van der Waals surface area contributed by atoms with Crippen molar-refractivity contribution in [2.75, 3.05) is 37.6 Å². The number of hydrogen-bond donors (Lipinski definition) is 1. The van der Waals surface area contributed by atoms with Crippen molar-refractivity contribution in [1.29, 1.82) is 0 Å². The SMILES string of the molecule is O=C(O)CCN1CCN(c2ccc(I)nn2)CC1. The Hall–Kier alpha value is -0.960. The van der Waals surface area contributed by atoms with Gasteiger partial charge in [-0.2, -0.15) is 0 Å². The summed E-state index contributed by atoms with van der Waals surface area (Å²) in [6, 6.07) is 3.92. The van der Waals surface area contributed by atoms with E-state index in [1.54, 1.807) is 0 Å². The van der Waals surface area contributed by atoms with Gasteiger partial charge in [-0.05, 0) is 34.7 Å². The van der Waals surface area contributed by atoms with Gasteiger partial charge < -0.3 is 10.0 Å². The number of hydrogen-bond acceptors (Lipinski definition) is 5. The molecule has 1 aromatic rings. The van der Waals surface area contributed by atoms with E-state index in [1.165, 1.54) is 0 Å². The minimum atomic E-state index is -0.735. The molecule has 1 fully saturated rings. The van der Waals surface area contributed by atoms with Gasteiger partial charge in [0.25, 0.3) is 0 Å². The smallest absolute Gasteiger partial charge is 0.304 e. The number of aliphatic carboxylic acids is 1. The lowest BCUT2D eigenvalue weighted by atomic mass is 10.3. The van der Waals surface area contributed by atoms with Crippen LogP contribution in [0.5, 0.6) is 0 Å². The van der Waals surface area contributed by atoms with Gasteiger partial charge in [-0.25, -0.2) is 0 Å². The number of aromatic nitrogens is 2. The first-order valence-electron chi connectivity index (χ1n) is 5.83. The highest BCUT2D eigenvalue weighted by molar-refractivity contribution is 14.1. The summed E-state index contributed by atoms with van der Waals surface area (Å²) >= 11 is 2.13. The zero-order valence-electron chi connectivity index (χ0n) is 9.92. The van der Waals surface area contributed by atoms with Crippen LogP contribution in [0.3, 0.4) is 0 Å². The van der Waals surface area contributed by atoms with Crippen molar-refractivity contribution in [3.63, 3.8) is 0 Å². The number of carboxylic acids is 1. The maximum atomic E-state index is 10.5. The first-order chi connectivity index (χ1) is 8.65. The second kappa shape index (κ2) is 6.28. The molecule has 1 aliphatic rings. The van der Waals surface area contributed by atoms with E-state index in [9.17, 15) is 4.79 Å². The van der Waals surface area contributed by atoms with Crippen LogP contribution in [0.1, 0.15) is 6.42 Å². The molecule has 0 aromatic carbocycles. The second-order valence-electron chi connectivity index (χ2n) is 4.19. The van der Waals surface area contributed by atoms with Gasteiger partial charge in [0.2, 0.25) is 0 Å². The van der Waals surface area contributed by atoms with Crippen LogP contribution in [0, 0.1) is 3.70 Å². The highest BCUT2D eigenvalue weighted by atomic mass is 127. The Morgan fingerprint density at radius 1 is 1.28 bits per heavy atom. The van der Waals surface area contributed by atoms with Crippen molar-refractivity contribution in [1.82, 2.24) is 15.1 Å². The summed E-state index contributed by atoms with van der Waals surface area (Å²) in [5.41, 5.74) is 0. The van der Waals surface area contributed by atoms with E-state index in [-0.39, 0.29) is 6.42 Å². The lowest BCUT2D eigenvalue weighted by Gasteiger charge is -2.34. The van der Waals surface area contributed by atoms with Crippen molar-refractivity contribution in [2.24, 2.45) is 0 Å². The van der Waals surface area contributed by atoms with E-state index in [0.717, 1.165) is 35.7 Å². The lowest BCUT2D eigenvalue weighted by Crippen LogP contribution is -2.47. The number of halogens is 1. The molecule has 1 aromatic heterocycles. The predicted octanol–water partition coefficient (Wildman–Crippen LogP) is 0.678. The fourth-order valence-electron chi connectivity index (χ4n) is 1.93. The molecular weight excluding hydrogens is 347 g/mol. The normalized spacial score (nSPS) is 16.8. The predicted molar refractivity (Wildman–Crippen MR) is 75.7 cm³/mol. The maximum Gasteiger partial charge on any atom is 0.304 e.